The van der Waals surface area contributed by atoms with Crippen molar-refractivity contribution >= 4 is 23.2 Å². The Hall–Kier alpha value is -2.35. The number of carbonyl (C=O) groups is 2. The normalized spacial score (nSPS) is 17.3. The summed E-state index contributed by atoms with van der Waals surface area (Å²) < 4.78 is 0. The third-order valence-corrected chi connectivity index (χ3v) is 5.09. The Labute approximate surface area is 150 Å². The van der Waals surface area contributed by atoms with Gasteiger partial charge in [-0.25, -0.2) is 15.0 Å². The van der Waals surface area contributed by atoms with Gasteiger partial charge in [-0.2, -0.15) is 0 Å². The maximum absolute atomic E-state index is 12.4. The SMILES string of the molecule is CCC(=O)N1CCCC(C(=O)NCc2csc(-c3ncccn3)n2)C1. The van der Waals surface area contributed by atoms with Gasteiger partial charge < -0.3 is 10.2 Å². The fourth-order valence-corrected chi connectivity index (χ4v) is 3.63. The van der Waals surface area contributed by atoms with Crippen molar-refractivity contribution < 1.29 is 9.59 Å². The highest BCUT2D eigenvalue weighted by Gasteiger charge is 2.27. The minimum Gasteiger partial charge on any atom is -0.350 e. The lowest BCUT2D eigenvalue weighted by Crippen LogP contribution is -2.45. The van der Waals surface area contributed by atoms with Crippen molar-refractivity contribution in [2.75, 3.05) is 13.1 Å². The zero-order valence-corrected chi connectivity index (χ0v) is 15.0. The topological polar surface area (TPSA) is 88.1 Å². The molecule has 8 heteroatoms. The van der Waals surface area contributed by atoms with Gasteiger partial charge in [0.05, 0.1) is 18.2 Å². The molecule has 25 heavy (non-hydrogen) atoms. The van der Waals surface area contributed by atoms with Crippen molar-refractivity contribution in [3.63, 3.8) is 0 Å². The maximum atomic E-state index is 12.4. The first-order valence-corrected chi connectivity index (χ1v) is 9.32. The molecule has 3 rings (SSSR count). The summed E-state index contributed by atoms with van der Waals surface area (Å²) in [4.78, 5) is 38.8. The van der Waals surface area contributed by atoms with E-state index in [0.717, 1.165) is 30.1 Å². The number of piperidine rings is 1. The Kier molecular flexibility index (Phi) is 5.70. The van der Waals surface area contributed by atoms with E-state index >= 15 is 0 Å². The average Bonchev–Trinajstić information content (AvgIpc) is 3.15. The van der Waals surface area contributed by atoms with E-state index in [1.165, 1.54) is 11.3 Å². The van der Waals surface area contributed by atoms with Crippen LogP contribution in [0.4, 0.5) is 0 Å². The number of hydrogen-bond donors (Lipinski definition) is 1. The highest BCUT2D eigenvalue weighted by molar-refractivity contribution is 7.13. The minimum atomic E-state index is -0.139. The Morgan fingerprint density at radius 1 is 1.36 bits per heavy atom. The lowest BCUT2D eigenvalue weighted by atomic mass is 9.97. The number of likely N-dealkylation sites (tertiary alicyclic amines) is 1. The van der Waals surface area contributed by atoms with E-state index in [1.54, 1.807) is 23.4 Å². The summed E-state index contributed by atoms with van der Waals surface area (Å²) in [5, 5.41) is 5.58. The van der Waals surface area contributed by atoms with Crippen molar-refractivity contribution in [1.82, 2.24) is 25.2 Å². The zero-order valence-electron chi connectivity index (χ0n) is 14.1. The van der Waals surface area contributed by atoms with Gasteiger partial charge in [0.15, 0.2) is 10.8 Å². The van der Waals surface area contributed by atoms with E-state index in [9.17, 15) is 9.59 Å². The zero-order chi connectivity index (χ0) is 17.6. The molecule has 0 bridgehead atoms. The molecule has 1 N–H and O–H groups in total. The second kappa shape index (κ2) is 8.15. The summed E-state index contributed by atoms with van der Waals surface area (Å²) >= 11 is 1.46. The van der Waals surface area contributed by atoms with Crippen LogP contribution in [0.2, 0.25) is 0 Å². The van der Waals surface area contributed by atoms with Crippen molar-refractivity contribution in [3.05, 3.63) is 29.5 Å². The predicted molar refractivity (Wildman–Crippen MR) is 94.6 cm³/mol. The van der Waals surface area contributed by atoms with Gasteiger partial charge in [-0.05, 0) is 18.9 Å². The van der Waals surface area contributed by atoms with Gasteiger partial charge in [0.1, 0.15) is 0 Å². The number of carbonyl (C=O) groups excluding carboxylic acids is 2. The molecule has 1 aliphatic heterocycles. The molecular weight excluding hydrogens is 338 g/mol. The maximum Gasteiger partial charge on any atom is 0.225 e. The number of rotatable bonds is 5. The van der Waals surface area contributed by atoms with Crippen molar-refractivity contribution in [2.24, 2.45) is 5.92 Å². The molecule has 0 saturated carbocycles. The molecular formula is C17H21N5O2S. The fraction of sp³-hybridized carbons (Fsp3) is 0.471. The van der Waals surface area contributed by atoms with Crippen LogP contribution >= 0.6 is 11.3 Å². The largest absolute Gasteiger partial charge is 0.350 e. The summed E-state index contributed by atoms with van der Waals surface area (Å²) in [6.07, 6.45) is 5.53. The number of hydrogen-bond acceptors (Lipinski definition) is 6. The predicted octanol–water partition coefficient (Wildman–Crippen LogP) is 1.86. The van der Waals surface area contributed by atoms with E-state index in [0.29, 0.717) is 25.3 Å². The van der Waals surface area contributed by atoms with Crippen LogP contribution < -0.4 is 5.32 Å². The van der Waals surface area contributed by atoms with Gasteiger partial charge in [-0.15, -0.1) is 11.3 Å². The molecule has 0 radical (unpaired) electrons. The molecule has 2 aromatic rings. The van der Waals surface area contributed by atoms with Crippen LogP contribution in [0.1, 0.15) is 31.9 Å². The van der Waals surface area contributed by atoms with Gasteiger partial charge >= 0.3 is 0 Å². The summed E-state index contributed by atoms with van der Waals surface area (Å²) in [6, 6.07) is 1.76. The van der Waals surface area contributed by atoms with E-state index in [2.05, 4.69) is 20.3 Å². The van der Waals surface area contributed by atoms with Crippen molar-refractivity contribution in [2.45, 2.75) is 32.7 Å². The van der Waals surface area contributed by atoms with Gasteiger partial charge in [0.2, 0.25) is 11.8 Å². The smallest absolute Gasteiger partial charge is 0.225 e. The highest BCUT2D eigenvalue weighted by atomic mass is 32.1. The molecule has 1 fully saturated rings. The Bertz CT molecular complexity index is 734. The first-order chi connectivity index (χ1) is 12.2. The third-order valence-electron chi connectivity index (χ3n) is 4.20. The first-order valence-electron chi connectivity index (χ1n) is 8.44. The number of nitrogens with one attached hydrogen (secondary N) is 1. The molecule has 0 aromatic carbocycles. The van der Waals surface area contributed by atoms with E-state index in [-0.39, 0.29) is 17.7 Å². The third kappa shape index (κ3) is 4.39. The second-order valence-electron chi connectivity index (χ2n) is 5.97. The summed E-state index contributed by atoms with van der Waals surface area (Å²) in [7, 11) is 0. The number of amides is 2. The standard InChI is InChI=1S/C17H21N5O2S/c1-2-14(23)22-8-3-5-12(10-22)16(24)20-9-13-11-25-17(21-13)15-18-6-4-7-19-15/h4,6-7,11-12H,2-3,5,8-10H2,1H3,(H,20,24). The molecule has 2 aromatic heterocycles. The van der Waals surface area contributed by atoms with Gasteiger partial charge in [0.25, 0.3) is 0 Å². The average molecular weight is 359 g/mol. The second-order valence-corrected chi connectivity index (χ2v) is 6.82. The molecule has 0 spiro atoms. The van der Waals surface area contributed by atoms with Crippen LogP contribution in [0.15, 0.2) is 23.8 Å². The molecule has 1 saturated heterocycles. The molecule has 1 unspecified atom stereocenters. The van der Waals surface area contributed by atoms with Gasteiger partial charge in [-0.1, -0.05) is 6.92 Å². The molecule has 1 aliphatic rings. The lowest BCUT2D eigenvalue weighted by Gasteiger charge is -2.31. The molecule has 2 amide bonds. The van der Waals surface area contributed by atoms with Gasteiger partial charge in [0, 0.05) is 37.3 Å². The minimum absolute atomic E-state index is 0.0147. The molecule has 132 valence electrons. The Balaban J connectivity index is 1.54. The first kappa shape index (κ1) is 17.5. The van der Waals surface area contributed by atoms with E-state index < -0.39 is 0 Å². The van der Waals surface area contributed by atoms with Crippen LogP contribution in [0, 0.1) is 5.92 Å². The number of thiazole rings is 1. The molecule has 0 aliphatic carbocycles. The lowest BCUT2D eigenvalue weighted by molar-refractivity contribution is -0.135. The van der Waals surface area contributed by atoms with Crippen LogP contribution in [-0.2, 0) is 16.1 Å². The van der Waals surface area contributed by atoms with Crippen LogP contribution in [-0.4, -0.2) is 44.8 Å². The quantitative estimate of drug-likeness (QED) is 0.880. The van der Waals surface area contributed by atoms with Crippen molar-refractivity contribution in [1.29, 1.82) is 0 Å². The van der Waals surface area contributed by atoms with Crippen LogP contribution in [0.5, 0.6) is 0 Å². The highest BCUT2D eigenvalue weighted by Crippen LogP contribution is 2.20. The number of nitrogens with zero attached hydrogens (tertiary/aromatic N) is 4. The van der Waals surface area contributed by atoms with Gasteiger partial charge in [-0.3, -0.25) is 9.59 Å². The van der Waals surface area contributed by atoms with Crippen LogP contribution in [0.3, 0.4) is 0 Å². The van der Waals surface area contributed by atoms with Crippen LogP contribution in [0.25, 0.3) is 10.8 Å². The Morgan fingerprint density at radius 3 is 2.92 bits per heavy atom. The number of aromatic nitrogens is 3. The van der Waals surface area contributed by atoms with E-state index in [4.69, 9.17) is 0 Å². The Morgan fingerprint density at radius 2 is 2.16 bits per heavy atom. The summed E-state index contributed by atoms with van der Waals surface area (Å²) in [6.45, 7) is 3.49. The fourth-order valence-electron chi connectivity index (χ4n) is 2.86. The molecule has 3 heterocycles. The van der Waals surface area contributed by atoms with E-state index in [1.807, 2.05) is 12.3 Å². The van der Waals surface area contributed by atoms with Crippen molar-refractivity contribution in [3.8, 4) is 10.8 Å². The molecule has 1 atom stereocenters. The molecule has 7 nitrogen and oxygen atoms in total. The summed E-state index contributed by atoms with van der Waals surface area (Å²) in [5.74, 6) is 0.550. The summed E-state index contributed by atoms with van der Waals surface area (Å²) in [5.41, 5.74) is 0.790. The monoisotopic (exact) mass is 359 g/mol.